The molecule has 0 atom stereocenters. The molecule has 0 fully saturated rings. The van der Waals surface area contributed by atoms with Crippen LogP contribution in [0, 0.1) is 17.0 Å². The van der Waals surface area contributed by atoms with Gasteiger partial charge in [0.1, 0.15) is 10.6 Å². The van der Waals surface area contributed by atoms with Gasteiger partial charge in [0, 0.05) is 16.8 Å². The SMILES string of the molecule is Cc1ccc(/N=N/c2cc(S(=O)(=O)O)c3ccccc3c2N)c([N+](=O)[O-])c1.[NaH]. The summed E-state index contributed by atoms with van der Waals surface area (Å²) in [5.74, 6) is 0. The maximum atomic E-state index is 11.7. The summed E-state index contributed by atoms with van der Waals surface area (Å²) in [5.41, 5.74) is 6.59. The van der Waals surface area contributed by atoms with Crippen molar-refractivity contribution < 1.29 is 17.9 Å². The molecule has 11 heteroatoms. The van der Waals surface area contributed by atoms with Gasteiger partial charge >= 0.3 is 29.6 Å². The molecule has 9 nitrogen and oxygen atoms in total. The Morgan fingerprint density at radius 3 is 2.25 bits per heavy atom. The van der Waals surface area contributed by atoms with Gasteiger partial charge in [-0.1, -0.05) is 30.3 Å². The summed E-state index contributed by atoms with van der Waals surface area (Å²) >= 11 is 0. The Bertz CT molecular complexity index is 1210. The number of aryl methyl sites for hydroxylation is 1. The van der Waals surface area contributed by atoms with Crippen LogP contribution in [0.2, 0.25) is 0 Å². The Morgan fingerprint density at radius 1 is 1.04 bits per heavy atom. The van der Waals surface area contributed by atoms with Gasteiger partial charge in [-0.2, -0.15) is 8.42 Å². The van der Waals surface area contributed by atoms with Crippen molar-refractivity contribution in [1.29, 1.82) is 0 Å². The van der Waals surface area contributed by atoms with E-state index < -0.39 is 15.0 Å². The number of benzene rings is 3. The van der Waals surface area contributed by atoms with E-state index in [1.54, 1.807) is 31.2 Å². The van der Waals surface area contributed by atoms with E-state index in [4.69, 9.17) is 5.73 Å². The molecule has 3 rings (SSSR count). The third kappa shape index (κ3) is 4.37. The quantitative estimate of drug-likeness (QED) is 0.167. The second kappa shape index (κ2) is 8.33. The number of anilines is 1. The third-order valence-corrected chi connectivity index (χ3v) is 4.79. The van der Waals surface area contributed by atoms with Crippen LogP contribution in [0.15, 0.2) is 63.7 Å². The molecule has 3 aromatic carbocycles. The summed E-state index contributed by atoms with van der Waals surface area (Å²) in [6, 6.07) is 11.8. The number of hydrogen-bond acceptors (Lipinski definition) is 7. The van der Waals surface area contributed by atoms with Crippen LogP contribution in [0.25, 0.3) is 10.8 Å². The van der Waals surface area contributed by atoms with Gasteiger partial charge in [-0.15, -0.1) is 10.2 Å². The van der Waals surface area contributed by atoms with E-state index in [0.717, 1.165) is 6.07 Å². The minimum atomic E-state index is -4.54. The molecule has 0 saturated carbocycles. The second-order valence-corrected chi connectivity index (χ2v) is 7.17. The zero-order valence-corrected chi connectivity index (χ0v) is 14.8. The minimum absolute atomic E-state index is 0. The van der Waals surface area contributed by atoms with Crippen molar-refractivity contribution in [2.24, 2.45) is 10.2 Å². The fourth-order valence-corrected chi connectivity index (χ4v) is 3.34. The van der Waals surface area contributed by atoms with E-state index in [2.05, 4.69) is 10.2 Å². The summed E-state index contributed by atoms with van der Waals surface area (Å²) in [7, 11) is -4.54. The van der Waals surface area contributed by atoms with Crippen LogP contribution >= 0.6 is 0 Å². The predicted molar refractivity (Wildman–Crippen MR) is 107 cm³/mol. The summed E-state index contributed by atoms with van der Waals surface area (Å²) in [6.07, 6.45) is 0. The van der Waals surface area contributed by atoms with Crippen LogP contribution in [0.1, 0.15) is 5.56 Å². The number of hydrogen-bond donors (Lipinski definition) is 2. The molecule has 0 aromatic heterocycles. The average molecular weight is 410 g/mol. The molecule has 0 aliphatic rings. The molecule has 3 N–H and O–H groups in total. The monoisotopic (exact) mass is 410 g/mol. The summed E-state index contributed by atoms with van der Waals surface area (Å²) < 4.78 is 32.9. The van der Waals surface area contributed by atoms with Gasteiger partial charge in [-0.3, -0.25) is 14.7 Å². The fraction of sp³-hybridized carbons (Fsp3) is 0.0588. The van der Waals surface area contributed by atoms with Crippen molar-refractivity contribution in [3.63, 3.8) is 0 Å². The number of nitro benzene ring substituents is 1. The van der Waals surface area contributed by atoms with Gasteiger partial charge in [-0.05, 0) is 24.6 Å². The zero-order chi connectivity index (χ0) is 19.8. The molecule has 0 aliphatic carbocycles. The van der Waals surface area contributed by atoms with Crippen molar-refractivity contribution in [2.45, 2.75) is 11.8 Å². The number of nitro groups is 1. The normalized spacial score (nSPS) is 11.5. The van der Waals surface area contributed by atoms with E-state index in [1.165, 1.54) is 18.2 Å². The molecule has 3 aromatic rings. The number of nitrogens with two attached hydrogens (primary N) is 1. The van der Waals surface area contributed by atoms with Crippen LogP contribution in [-0.4, -0.2) is 47.5 Å². The predicted octanol–water partition coefficient (Wildman–Crippen LogP) is 3.65. The van der Waals surface area contributed by atoms with Gasteiger partial charge in [0.25, 0.3) is 15.8 Å². The van der Waals surface area contributed by atoms with E-state index >= 15 is 0 Å². The molecular formula is C17H15N4NaO5S. The Hall–Kier alpha value is -2.37. The third-order valence-electron chi connectivity index (χ3n) is 3.90. The molecule has 0 unspecified atom stereocenters. The Kier molecular flexibility index (Phi) is 6.52. The summed E-state index contributed by atoms with van der Waals surface area (Å²) in [5, 5.41) is 19.5. The van der Waals surface area contributed by atoms with E-state index in [-0.39, 0.29) is 62.6 Å². The Balaban J connectivity index is 0.00000280. The number of fused-ring (bicyclic) bond motifs is 1. The van der Waals surface area contributed by atoms with Crippen molar-refractivity contribution in [3.05, 3.63) is 64.2 Å². The van der Waals surface area contributed by atoms with Crippen LogP contribution in [0.4, 0.5) is 22.7 Å². The van der Waals surface area contributed by atoms with Gasteiger partial charge in [0.05, 0.1) is 10.6 Å². The molecule has 28 heavy (non-hydrogen) atoms. The van der Waals surface area contributed by atoms with Crippen molar-refractivity contribution in [1.82, 2.24) is 0 Å². The first-order valence-corrected chi connectivity index (χ1v) is 9.08. The number of azo groups is 1. The molecule has 0 amide bonds. The van der Waals surface area contributed by atoms with Crippen LogP contribution in [0.3, 0.4) is 0 Å². The standard InChI is InChI=1S/C17H14N4O5S.Na.H/c1-10-6-7-13(15(8-10)21(22)23)19-20-14-9-16(27(24,25)26)11-4-2-3-5-12(11)17(14)18;;/h2-9H,18H2,1H3,(H,24,25,26);;/b20-19+;;. The van der Waals surface area contributed by atoms with Crippen molar-refractivity contribution in [3.8, 4) is 0 Å². The summed E-state index contributed by atoms with van der Waals surface area (Å²) in [6.45, 7) is 1.70. The molecule has 0 radical (unpaired) electrons. The maximum absolute atomic E-state index is 11.7. The van der Waals surface area contributed by atoms with Gasteiger partial charge in [-0.25, -0.2) is 0 Å². The average Bonchev–Trinajstić information content (AvgIpc) is 2.61. The Morgan fingerprint density at radius 2 is 1.64 bits per heavy atom. The van der Waals surface area contributed by atoms with Crippen LogP contribution in [-0.2, 0) is 10.1 Å². The fourth-order valence-electron chi connectivity index (χ4n) is 2.62. The molecule has 0 bridgehead atoms. The van der Waals surface area contributed by atoms with Gasteiger partial charge < -0.3 is 5.73 Å². The number of rotatable bonds is 4. The number of nitrogen functional groups attached to an aromatic ring is 1. The van der Waals surface area contributed by atoms with E-state index in [1.807, 2.05) is 0 Å². The first-order chi connectivity index (χ1) is 12.7. The molecule has 0 aliphatic heterocycles. The van der Waals surface area contributed by atoms with Gasteiger partial charge in [0.2, 0.25) is 0 Å². The molecular weight excluding hydrogens is 395 g/mol. The van der Waals surface area contributed by atoms with Crippen molar-refractivity contribution in [2.75, 3.05) is 5.73 Å². The summed E-state index contributed by atoms with van der Waals surface area (Å²) in [4.78, 5) is 10.2. The Labute approximate surface area is 182 Å². The van der Waals surface area contributed by atoms with E-state index in [9.17, 15) is 23.1 Å². The molecule has 0 spiro atoms. The van der Waals surface area contributed by atoms with E-state index in [0.29, 0.717) is 10.9 Å². The molecule has 0 heterocycles. The zero-order valence-electron chi connectivity index (χ0n) is 14.0. The topological polar surface area (TPSA) is 148 Å². The number of nitrogens with zero attached hydrogens (tertiary/aromatic N) is 3. The van der Waals surface area contributed by atoms with Crippen molar-refractivity contribution >= 4 is 73.2 Å². The van der Waals surface area contributed by atoms with Crippen LogP contribution in [0.5, 0.6) is 0 Å². The first kappa shape index (κ1) is 21.9. The van der Waals surface area contributed by atoms with Gasteiger partial charge in [0.15, 0.2) is 5.69 Å². The second-order valence-electron chi connectivity index (χ2n) is 5.78. The first-order valence-electron chi connectivity index (χ1n) is 7.64. The molecule has 0 saturated heterocycles. The van der Waals surface area contributed by atoms with Crippen LogP contribution < -0.4 is 5.73 Å². The molecule has 140 valence electrons.